The Hall–Kier alpha value is -1.59. The molecule has 0 unspecified atom stereocenters. The van der Waals surface area contributed by atoms with Gasteiger partial charge in [-0.3, -0.25) is 5.32 Å². The van der Waals surface area contributed by atoms with Gasteiger partial charge >= 0.3 is 0 Å². The molecule has 8 heteroatoms. The van der Waals surface area contributed by atoms with Crippen LogP contribution >= 0.6 is 11.8 Å². The average Bonchev–Trinajstić information content (AvgIpc) is 2.29. The minimum absolute atomic E-state index is 0.0329. The molecule has 5 nitrogen and oxygen atoms in total. The molecule has 0 spiro atoms. The summed E-state index contributed by atoms with van der Waals surface area (Å²) >= 11 is 1.14. The van der Waals surface area contributed by atoms with Crippen LogP contribution in [0.25, 0.3) is 0 Å². The number of hydrogen-bond donors (Lipinski definition) is 1. The molecule has 1 aromatic carbocycles. The fourth-order valence-corrected chi connectivity index (χ4v) is 2.06. The second kappa shape index (κ2) is 5.84. The SMILES string of the molecule is CSC(=Nc1ccc(S(C)(=O)=O)cc1F)NC#N. The van der Waals surface area contributed by atoms with E-state index in [1.54, 1.807) is 12.4 Å². The third kappa shape index (κ3) is 3.72. The Balaban J connectivity index is 3.19. The highest BCUT2D eigenvalue weighted by atomic mass is 32.2. The van der Waals surface area contributed by atoms with Gasteiger partial charge < -0.3 is 0 Å². The largest absolute Gasteiger partial charge is 0.271 e. The lowest BCUT2D eigenvalue weighted by Gasteiger charge is -2.03. The maximum Gasteiger partial charge on any atom is 0.183 e. The standard InChI is InChI=1S/C10H10FN3O2S2/c1-17-10(13-6-12)14-9-4-3-7(5-8(9)11)18(2,15)16/h3-5H,1-2H3,(H,13,14). The molecule has 0 amide bonds. The molecule has 0 aliphatic rings. The molecule has 0 saturated heterocycles. The lowest BCUT2D eigenvalue weighted by molar-refractivity contribution is 0.596. The van der Waals surface area contributed by atoms with Gasteiger partial charge in [-0.2, -0.15) is 5.26 Å². The molecule has 1 aromatic rings. The number of sulfone groups is 1. The Kier molecular flexibility index (Phi) is 4.69. The maximum absolute atomic E-state index is 13.6. The first kappa shape index (κ1) is 14.5. The minimum Gasteiger partial charge on any atom is -0.271 e. The van der Waals surface area contributed by atoms with Gasteiger partial charge in [0.25, 0.3) is 0 Å². The zero-order valence-electron chi connectivity index (χ0n) is 9.64. The van der Waals surface area contributed by atoms with Gasteiger partial charge in [-0.25, -0.2) is 17.8 Å². The highest BCUT2D eigenvalue weighted by molar-refractivity contribution is 8.13. The van der Waals surface area contributed by atoms with E-state index in [4.69, 9.17) is 5.26 Å². The van der Waals surface area contributed by atoms with Gasteiger partial charge in [0.15, 0.2) is 21.2 Å². The number of hydrogen-bond acceptors (Lipinski definition) is 5. The number of thioether (sulfide) groups is 1. The number of amidine groups is 1. The van der Waals surface area contributed by atoms with Crippen LogP contribution in [0.2, 0.25) is 0 Å². The van der Waals surface area contributed by atoms with E-state index in [1.165, 1.54) is 12.1 Å². The first-order valence-electron chi connectivity index (χ1n) is 4.66. The fraction of sp³-hybridized carbons (Fsp3) is 0.200. The van der Waals surface area contributed by atoms with Crippen molar-refractivity contribution in [3.63, 3.8) is 0 Å². The Morgan fingerprint density at radius 1 is 1.56 bits per heavy atom. The molecule has 0 fully saturated rings. The third-order valence-corrected chi connectivity index (χ3v) is 3.62. The third-order valence-electron chi connectivity index (χ3n) is 1.93. The summed E-state index contributed by atoms with van der Waals surface area (Å²) in [6.07, 6.45) is 4.34. The molecular weight excluding hydrogens is 277 g/mol. The molecule has 0 saturated carbocycles. The predicted octanol–water partition coefficient (Wildman–Crippen LogP) is 1.65. The van der Waals surface area contributed by atoms with Crippen LogP contribution < -0.4 is 5.32 Å². The van der Waals surface area contributed by atoms with E-state index >= 15 is 0 Å². The first-order chi connectivity index (χ1) is 8.38. The van der Waals surface area contributed by atoms with E-state index in [-0.39, 0.29) is 15.8 Å². The monoisotopic (exact) mass is 287 g/mol. The van der Waals surface area contributed by atoms with Crippen molar-refractivity contribution in [2.75, 3.05) is 12.5 Å². The summed E-state index contributed by atoms with van der Waals surface area (Å²) in [5.74, 6) is -0.760. The van der Waals surface area contributed by atoms with Gasteiger partial charge in [0, 0.05) is 6.26 Å². The van der Waals surface area contributed by atoms with E-state index in [2.05, 4.69) is 10.3 Å². The van der Waals surface area contributed by atoms with Crippen LogP contribution in [0.4, 0.5) is 10.1 Å². The average molecular weight is 287 g/mol. The molecule has 18 heavy (non-hydrogen) atoms. The van der Waals surface area contributed by atoms with Gasteiger partial charge in [-0.05, 0) is 24.5 Å². The lowest BCUT2D eigenvalue weighted by Crippen LogP contribution is -2.12. The second-order valence-corrected chi connectivity index (χ2v) is 6.05. The Labute approximate surface area is 109 Å². The van der Waals surface area contributed by atoms with E-state index < -0.39 is 15.7 Å². The molecule has 0 bridgehead atoms. The van der Waals surface area contributed by atoms with Crippen LogP contribution in [0.15, 0.2) is 28.1 Å². The van der Waals surface area contributed by atoms with E-state index in [9.17, 15) is 12.8 Å². The van der Waals surface area contributed by atoms with Crippen molar-refractivity contribution >= 4 is 32.5 Å². The number of halogens is 1. The smallest absolute Gasteiger partial charge is 0.183 e. The summed E-state index contributed by atoms with van der Waals surface area (Å²) in [7, 11) is -3.45. The van der Waals surface area contributed by atoms with Crippen molar-refractivity contribution in [2.45, 2.75) is 4.90 Å². The van der Waals surface area contributed by atoms with Crippen molar-refractivity contribution in [2.24, 2.45) is 4.99 Å². The molecule has 0 heterocycles. The lowest BCUT2D eigenvalue weighted by atomic mass is 10.3. The molecule has 1 rings (SSSR count). The molecule has 0 atom stereocenters. The van der Waals surface area contributed by atoms with Crippen molar-refractivity contribution in [3.8, 4) is 6.19 Å². The van der Waals surface area contributed by atoms with Gasteiger partial charge in [0.1, 0.15) is 11.5 Å². The zero-order valence-corrected chi connectivity index (χ0v) is 11.3. The van der Waals surface area contributed by atoms with E-state index in [0.717, 1.165) is 24.1 Å². The topological polar surface area (TPSA) is 82.3 Å². The number of nitrogens with one attached hydrogen (secondary N) is 1. The van der Waals surface area contributed by atoms with Crippen LogP contribution in [0.5, 0.6) is 0 Å². The highest BCUT2D eigenvalue weighted by Crippen LogP contribution is 2.22. The Morgan fingerprint density at radius 2 is 2.22 bits per heavy atom. The molecular formula is C10H10FN3O2S2. The number of nitrogens with zero attached hydrogens (tertiary/aromatic N) is 2. The summed E-state index contributed by atoms with van der Waals surface area (Å²) in [4.78, 5) is 3.75. The molecule has 96 valence electrons. The summed E-state index contributed by atoms with van der Waals surface area (Å²) in [6, 6.07) is 3.42. The molecule has 0 aliphatic heterocycles. The van der Waals surface area contributed by atoms with Crippen molar-refractivity contribution in [3.05, 3.63) is 24.0 Å². The zero-order chi connectivity index (χ0) is 13.8. The normalized spacial score (nSPS) is 12.0. The van der Waals surface area contributed by atoms with Crippen LogP contribution in [0.3, 0.4) is 0 Å². The summed E-state index contributed by atoms with van der Waals surface area (Å²) in [5, 5.41) is 10.9. The highest BCUT2D eigenvalue weighted by Gasteiger charge is 2.11. The van der Waals surface area contributed by atoms with Gasteiger partial charge in [-0.1, -0.05) is 11.8 Å². The van der Waals surface area contributed by atoms with Gasteiger partial charge in [0.05, 0.1) is 4.90 Å². The quantitative estimate of drug-likeness (QED) is 0.387. The minimum atomic E-state index is -3.45. The van der Waals surface area contributed by atoms with E-state index in [0.29, 0.717) is 0 Å². The number of rotatable bonds is 2. The fourth-order valence-electron chi connectivity index (χ4n) is 1.09. The Morgan fingerprint density at radius 3 is 2.67 bits per heavy atom. The number of aliphatic imine (C=N–C) groups is 1. The summed E-state index contributed by atoms with van der Waals surface area (Å²) < 4.78 is 36.1. The molecule has 1 N–H and O–H groups in total. The maximum atomic E-state index is 13.6. The van der Waals surface area contributed by atoms with E-state index in [1.807, 2.05) is 0 Å². The molecule has 0 radical (unpaired) electrons. The predicted molar refractivity (Wildman–Crippen MR) is 68.9 cm³/mol. The summed E-state index contributed by atoms with van der Waals surface area (Å²) in [5.41, 5.74) is -0.0329. The van der Waals surface area contributed by atoms with Crippen molar-refractivity contribution in [1.29, 1.82) is 5.26 Å². The van der Waals surface area contributed by atoms with Crippen LogP contribution in [0, 0.1) is 17.3 Å². The van der Waals surface area contributed by atoms with Crippen molar-refractivity contribution < 1.29 is 12.8 Å². The van der Waals surface area contributed by atoms with Gasteiger partial charge in [-0.15, -0.1) is 0 Å². The number of nitriles is 1. The van der Waals surface area contributed by atoms with Crippen LogP contribution in [-0.4, -0.2) is 26.1 Å². The summed E-state index contributed by atoms with van der Waals surface area (Å²) in [6.45, 7) is 0. The van der Waals surface area contributed by atoms with Crippen molar-refractivity contribution in [1.82, 2.24) is 5.32 Å². The van der Waals surface area contributed by atoms with Gasteiger partial charge in [0.2, 0.25) is 0 Å². The number of benzene rings is 1. The first-order valence-corrected chi connectivity index (χ1v) is 7.77. The second-order valence-electron chi connectivity index (χ2n) is 3.24. The van der Waals surface area contributed by atoms with Crippen LogP contribution in [-0.2, 0) is 9.84 Å². The molecule has 0 aliphatic carbocycles. The molecule has 0 aromatic heterocycles. The van der Waals surface area contributed by atoms with Crippen LogP contribution in [0.1, 0.15) is 0 Å². The Bertz CT molecular complexity index is 621.